The Morgan fingerprint density at radius 1 is 1.10 bits per heavy atom. The number of nitrogens with zero attached hydrogens (tertiary/aromatic N) is 2. The summed E-state index contributed by atoms with van der Waals surface area (Å²) in [6.07, 6.45) is 0. The molecule has 1 heterocycles. The molecule has 0 saturated heterocycles. The molecule has 0 aliphatic heterocycles. The van der Waals surface area contributed by atoms with Crippen LogP contribution in [0.5, 0.6) is 0 Å². The molecule has 0 unspecified atom stereocenters. The van der Waals surface area contributed by atoms with Crippen LogP contribution in [0.3, 0.4) is 0 Å². The second kappa shape index (κ2) is 5.27. The molecule has 4 nitrogen and oxygen atoms in total. The van der Waals surface area contributed by atoms with Crippen molar-refractivity contribution in [1.82, 2.24) is 14.8 Å². The van der Waals surface area contributed by atoms with Crippen LogP contribution in [0.2, 0.25) is 0 Å². The predicted molar refractivity (Wildman–Crippen MR) is 82.2 cm³/mol. The fraction of sp³-hybridized carbons (Fsp3) is 0.500. The fourth-order valence-electron chi connectivity index (χ4n) is 2.71. The van der Waals surface area contributed by atoms with Gasteiger partial charge in [-0.15, -0.1) is 0 Å². The zero-order valence-corrected chi connectivity index (χ0v) is 13.1. The molecular weight excluding hydrogens is 250 g/mol. The maximum Gasteiger partial charge on any atom is 0.343 e. The molecule has 0 spiro atoms. The molecule has 1 aromatic carbocycles. The average molecular weight is 273 g/mol. The van der Waals surface area contributed by atoms with E-state index in [1.54, 1.807) is 4.57 Å². The maximum atomic E-state index is 11.9. The van der Waals surface area contributed by atoms with E-state index < -0.39 is 0 Å². The Balaban J connectivity index is 2.70. The van der Waals surface area contributed by atoms with Gasteiger partial charge in [0.15, 0.2) is 5.82 Å². The van der Waals surface area contributed by atoms with Crippen molar-refractivity contribution in [2.24, 2.45) is 0 Å². The summed E-state index contributed by atoms with van der Waals surface area (Å²) in [7, 11) is 0. The number of hydrogen-bond acceptors (Lipinski definition) is 2. The number of rotatable bonds is 3. The Kier molecular flexibility index (Phi) is 3.84. The second-order valence-electron chi connectivity index (χ2n) is 5.99. The van der Waals surface area contributed by atoms with Crippen molar-refractivity contribution < 1.29 is 0 Å². The number of benzene rings is 1. The van der Waals surface area contributed by atoms with E-state index in [-0.39, 0.29) is 11.7 Å². The Bertz CT molecular complexity index is 678. The minimum atomic E-state index is -0.152. The summed E-state index contributed by atoms with van der Waals surface area (Å²) in [4.78, 5) is 11.9. The monoisotopic (exact) mass is 273 g/mol. The summed E-state index contributed by atoms with van der Waals surface area (Å²) >= 11 is 0. The highest BCUT2D eigenvalue weighted by atomic mass is 16.1. The topological polar surface area (TPSA) is 50.7 Å². The van der Waals surface area contributed by atoms with Gasteiger partial charge in [0.1, 0.15) is 0 Å². The third kappa shape index (κ3) is 2.42. The molecule has 1 N–H and O–H groups in total. The lowest BCUT2D eigenvalue weighted by atomic mass is 9.92. The Labute approximate surface area is 119 Å². The smallest absolute Gasteiger partial charge is 0.273 e. The van der Waals surface area contributed by atoms with E-state index in [1.165, 1.54) is 11.1 Å². The summed E-state index contributed by atoms with van der Waals surface area (Å²) < 4.78 is 1.71. The lowest BCUT2D eigenvalue weighted by molar-refractivity contribution is 0.585. The number of H-pyrrole nitrogens is 1. The van der Waals surface area contributed by atoms with E-state index in [0.717, 1.165) is 17.0 Å². The largest absolute Gasteiger partial charge is 0.343 e. The number of aromatic nitrogens is 3. The quantitative estimate of drug-likeness (QED) is 0.929. The van der Waals surface area contributed by atoms with Crippen molar-refractivity contribution in [2.45, 2.75) is 53.5 Å². The predicted octanol–water partition coefficient (Wildman–Crippen LogP) is 3.56. The molecule has 108 valence electrons. The van der Waals surface area contributed by atoms with Crippen LogP contribution >= 0.6 is 0 Å². The van der Waals surface area contributed by atoms with Crippen molar-refractivity contribution >= 4 is 0 Å². The van der Waals surface area contributed by atoms with Crippen molar-refractivity contribution in [1.29, 1.82) is 0 Å². The Morgan fingerprint density at radius 2 is 1.75 bits per heavy atom. The summed E-state index contributed by atoms with van der Waals surface area (Å²) in [6.45, 7) is 12.5. The van der Waals surface area contributed by atoms with E-state index in [4.69, 9.17) is 0 Å². The number of aromatic amines is 1. The van der Waals surface area contributed by atoms with Crippen LogP contribution in [0, 0.1) is 13.8 Å². The molecular formula is C16H23N3O. The normalized spacial score (nSPS) is 11.6. The first-order valence-electron chi connectivity index (χ1n) is 7.11. The molecule has 0 fully saturated rings. The highest BCUT2D eigenvalue weighted by molar-refractivity contribution is 5.63. The van der Waals surface area contributed by atoms with Gasteiger partial charge >= 0.3 is 5.69 Å². The molecule has 0 radical (unpaired) electrons. The minimum absolute atomic E-state index is 0.0828. The molecule has 2 rings (SSSR count). The first-order valence-corrected chi connectivity index (χ1v) is 7.11. The molecule has 0 atom stereocenters. The first kappa shape index (κ1) is 14.6. The van der Waals surface area contributed by atoms with Crippen LogP contribution in [0.15, 0.2) is 16.9 Å². The van der Waals surface area contributed by atoms with E-state index >= 15 is 0 Å². The molecule has 4 heteroatoms. The molecule has 0 aliphatic carbocycles. The van der Waals surface area contributed by atoms with Gasteiger partial charge in [-0.25, -0.2) is 9.89 Å². The Hall–Kier alpha value is -1.84. The van der Waals surface area contributed by atoms with Crippen LogP contribution in [0.4, 0.5) is 0 Å². The maximum absolute atomic E-state index is 11.9. The lowest BCUT2D eigenvalue weighted by Gasteiger charge is -2.16. The zero-order valence-electron chi connectivity index (χ0n) is 13.1. The SMILES string of the molecule is Cc1cc(C)c(C(C)C)cc1-c1n[nH]c(=O)n1C(C)C. The van der Waals surface area contributed by atoms with Gasteiger partial charge in [0.05, 0.1) is 0 Å². The molecule has 0 saturated carbocycles. The minimum Gasteiger partial charge on any atom is -0.273 e. The standard InChI is InChI=1S/C16H23N3O/c1-9(2)13-8-14(12(6)7-11(13)5)15-17-18-16(20)19(15)10(3)4/h7-10H,1-6H3,(H,18,20). The molecule has 1 aromatic heterocycles. The van der Waals surface area contributed by atoms with Gasteiger partial charge in [-0.1, -0.05) is 19.9 Å². The molecule has 0 amide bonds. The van der Waals surface area contributed by atoms with Gasteiger partial charge in [0, 0.05) is 11.6 Å². The van der Waals surface area contributed by atoms with Crippen LogP contribution in [-0.2, 0) is 0 Å². The fourth-order valence-corrected chi connectivity index (χ4v) is 2.71. The number of hydrogen-bond donors (Lipinski definition) is 1. The van der Waals surface area contributed by atoms with Gasteiger partial charge in [-0.05, 0) is 56.4 Å². The summed E-state index contributed by atoms with van der Waals surface area (Å²) in [5.74, 6) is 1.18. The van der Waals surface area contributed by atoms with Crippen molar-refractivity contribution in [3.63, 3.8) is 0 Å². The molecule has 0 aliphatic rings. The van der Waals surface area contributed by atoms with E-state index in [9.17, 15) is 4.79 Å². The van der Waals surface area contributed by atoms with E-state index in [1.807, 2.05) is 13.8 Å². The average Bonchev–Trinajstić information content (AvgIpc) is 2.70. The summed E-state index contributed by atoms with van der Waals surface area (Å²) in [5, 5.41) is 6.79. The third-order valence-corrected chi connectivity index (χ3v) is 3.70. The van der Waals surface area contributed by atoms with Crippen molar-refractivity contribution in [2.75, 3.05) is 0 Å². The second-order valence-corrected chi connectivity index (χ2v) is 5.99. The van der Waals surface area contributed by atoms with Gasteiger partial charge in [-0.3, -0.25) is 4.57 Å². The lowest BCUT2D eigenvalue weighted by Crippen LogP contribution is -2.19. The van der Waals surface area contributed by atoms with Crippen molar-refractivity contribution in [3.8, 4) is 11.4 Å². The van der Waals surface area contributed by atoms with Crippen LogP contribution in [0.1, 0.15) is 56.3 Å². The number of nitrogens with one attached hydrogen (secondary N) is 1. The molecule has 0 bridgehead atoms. The van der Waals surface area contributed by atoms with Crippen LogP contribution in [-0.4, -0.2) is 14.8 Å². The number of aryl methyl sites for hydroxylation is 2. The summed E-state index contributed by atoms with van der Waals surface area (Å²) in [6, 6.07) is 4.43. The van der Waals surface area contributed by atoms with Gasteiger partial charge < -0.3 is 0 Å². The highest BCUT2D eigenvalue weighted by Crippen LogP contribution is 2.29. The van der Waals surface area contributed by atoms with Gasteiger partial charge in [0.2, 0.25) is 0 Å². The zero-order chi connectivity index (χ0) is 15.0. The third-order valence-electron chi connectivity index (χ3n) is 3.70. The molecule has 20 heavy (non-hydrogen) atoms. The molecule has 2 aromatic rings. The summed E-state index contributed by atoms with van der Waals surface area (Å²) in [5.41, 5.74) is 4.62. The van der Waals surface area contributed by atoms with Crippen molar-refractivity contribution in [3.05, 3.63) is 39.3 Å². The van der Waals surface area contributed by atoms with E-state index in [2.05, 4.69) is 50.0 Å². The highest BCUT2D eigenvalue weighted by Gasteiger charge is 2.17. The first-order chi connectivity index (χ1) is 9.32. The van der Waals surface area contributed by atoms with Crippen LogP contribution < -0.4 is 5.69 Å². The van der Waals surface area contributed by atoms with E-state index in [0.29, 0.717) is 5.92 Å². The van der Waals surface area contributed by atoms with Gasteiger partial charge in [0.25, 0.3) is 0 Å². The van der Waals surface area contributed by atoms with Gasteiger partial charge in [-0.2, -0.15) is 5.10 Å². The van der Waals surface area contributed by atoms with Crippen LogP contribution in [0.25, 0.3) is 11.4 Å². The Morgan fingerprint density at radius 3 is 2.30 bits per heavy atom.